The molecule has 1 amide bonds. The van der Waals surface area contributed by atoms with E-state index in [2.05, 4.69) is 12.2 Å². The number of carbonyl (C=O) groups excluding carboxylic acids is 2. The molecule has 1 aliphatic rings. The van der Waals surface area contributed by atoms with E-state index in [4.69, 9.17) is 14.2 Å². The van der Waals surface area contributed by atoms with Gasteiger partial charge < -0.3 is 19.5 Å². The Morgan fingerprint density at radius 2 is 2.00 bits per heavy atom. The topological polar surface area (TPSA) is 73.9 Å². The Kier molecular flexibility index (Phi) is 7.96. The van der Waals surface area contributed by atoms with Gasteiger partial charge in [0.25, 0.3) is 0 Å². The van der Waals surface area contributed by atoms with Gasteiger partial charge in [0.2, 0.25) is 5.91 Å². The number of nitrogens with one attached hydrogen (secondary N) is 1. The molecule has 168 valence electrons. The molecule has 0 spiro atoms. The molecule has 1 heterocycles. The van der Waals surface area contributed by atoms with Gasteiger partial charge in [0.05, 0.1) is 25.9 Å². The highest BCUT2D eigenvalue weighted by molar-refractivity contribution is 7.17. The summed E-state index contributed by atoms with van der Waals surface area (Å²) in [6.45, 7) is 6.81. The van der Waals surface area contributed by atoms with Crippen molar-refractivity contribution in [3.63, 3.8) is 0 Å². The molecule has 6 nitrogen and oxygen atoms in total. The fraction of sp³-hybridized carbons (Fsp3) is 0.500. The van der Waals surface area contributed by atoms with Crippen molar-refractivity contribution >= 4 is 28.2 Å². The molecule has 3 rings (SSSR count). The van der Waals surface area contributed by atoms with Crippen LogP contribution in [0.1, 0.15) is 60.0 Å². The zero-order chi connectivity index (χ0) is 22.4. The standard InChI is InChI=1S/C24H31NO5S/c1-5-29-18-11-8-16(14-19(18)28-4)9-12-21(26)25-23-22(24(27)30-6-2)17-10-7-15(3)13-20(17)31-23/h8,11,14-15H,5-7,9-10,12-13H2,1-4H3,(H,25,26). The molecule has 0 radical (unpaired) electrons. The molecule has 1 aliphatic carbocycles. The van der Waals surface area contributed by atoms with Gasteiger partial charge in [-0.15, -0.1) is 11.3 Å². The number of rotatable bonds is 9. The SMILES string of the molecule is CCOC(=O)c1c(NC(=O)CCc2ccc(OCC)c(OC)c2)sc2c1CCC(C)C2. The number of hydrogen-bond acceptors (Lipinski definition) is 6. The molecule has 0 saturated heterocycles. The molecule has 1 unspecified atom stereocenters. The number of thiophene rings is 1. The number of methoxy groups -OCH3 is 1. The first-order valence-electron chi connectivity index (χ1n) is 10.9. The summed E-state index contributed by atoms with van der Waals surface area (Å²) in [6.07, 6.45) is 3.70. The summed E-state index contributed by atoms with van der Waals surface area (Å²) in [7, 11) is 1.60. The lowest BCUT2D eigenvalue weighted by Crippen LogP contribution is -2.17. The molecule has 0 saturated carbocycles. The van der Waals surface area contributed by atoms with Gasteiger partial charge in [-0.05, 0) is 68.7 Å². The van der Waals surface area contributed by atoms with Crippen LogP contribution in [-0.2, 0) is 28.8 Å². The minimum atomic E-state index is -0.346. The van der Waals surface area contributed by atoms with E-state index in [1.54, 1.807) is 14.0 Å². The summed E-state index contributed by atoms with van der Waals surface area (Å²) in [5.41, 5.74) is 2.58. The van der Waals surface area contributed by atoms with Gasteiger partial charge in [-0.1, -0.05) is 13.0 Å². The minimum absolute atomic E-state index is 0.120. The third-order valence-corrected chi connectivity index (χ3v) is 6.58. The van der Waals surface area contributed by atoms with Crippen molar-refractivity contribution < 1.29 is 23.8 Å². The van der Waals surface area contributed by atoms with Crippen LogP contribution in [0.5, 0.6) is 11.5 Å². The zero-order valence-corrected chi connectivity index (χ0v) is 19.5. The molecule has 1 aromatic carbocycles. The lowest BCUT2D eigenvalue weighted by atomic mass is 9.88. The average Bonchev–Trinajstić information content (AvgIpc) is 3.10. The predicted octanol–water partition coefficient (Wildman–Crippen LogP) is 5.03. The Bertz CT molecular complexity index is 936. The van der Waals surface area contributed by atoms with Gasteiger partial charge in [-0.25, -0.2) is 4.79 Å². The Morgan fingerprint density at radius 3 is 2.71 bits per heavy atom. The maximum absolute atomic E-state index is 12.7. The Morgan fingerprint density at radius 1 is 1.19 bits per heavy atom. The van der Waals surface area contributed by atoms with Crippen LogP contribution in [0.2, 0.25) is 0 Å². The largest absolute Gasteiger partial charge is 0.493 e. The van der Waals surface area contributed by atoms with Crippen LogP contribution in [0, 0.1) is 5.92 Å². The fourth-order valence-electron chi connectivity index (χ4n) is 3.85. The van der Waals surface area contributed by atoms with Crippen LogP contribution in [0.15, 0.2) is 18.2 Å². The highest BCUT2D eigenvalue weighted by Gasteiger charge is 2.29. The van der Waals surface area contributed by atoms with Gasteiger partial charge in [-0.2, -0.15) is 0 Å². The van der Waals surface area contributed by atoms with Crippen molar-refractivity contribution in [2.75, 3.05) is 25.6 Å². The van der Waals surface area contributed by atoms with Crippen LogP contribution < -0.4 is 14.8 Å². The second kappa shape index (κ2) is 10.7. The van der Waals surface area contributed by atoms with Crippen molar-refractivity contribution in [2.24, 2.45) is 5.92 Å². The van der Waals surface area contributed by atoms with Gasteiger partial charge in [0.1, 0.15) is 5.00 Å². The van der Waals surface area contributed by atoms with E-state index in [-0.39, 0.29) is 11.9 Å². The van der Waals surface area contributed by atoms with E-state index in [9.17, 15) is 9.59 Å². The predicted molar refractivity (Wildman–Crippen MR) is 123 cm³/mol. The molecular weight excluding hydrogens is 414 g/mol. The normalized spacial score (nSPS) is 15.2. The monoisotopic (exact) mass is 445 g/mol. The second-order valence-electron chi connectivity index (χ2n) is 7.74. The summed E-state index contributed by atoms with van der Waals surface area (Å²) >= 11 is 1.51. The van der Waals surface area contributed by atoms with Crippen LogP contribution in [0.3, 0.4) is 0 Å². The number of anilines is 1. The number of ether oxygens (including phenoxy) is 3. The second-order valence-corrected chi connectivity index (χ2v) is 8.85. The fourth-order valence-corrected chi connectivity index (χ4v) is 5.26. The quantitative estimate of drug-likeness (QED) is 0.548. The maximum atomic E-state index is 12.7. The van der Waals surface area contributed by atoms with Gasteiger partial charge in [0, 0.05) is 11.3 Å². The van der Waals surface area contributed by atoms with Crippen LogP contribution in [0.25, 0.3) is 0 Å². The van der Waals surface area contributed by atoms with E-state index < -0.39 is 0 Å². The number of aryl methyl sites for hydroxylation is 1. The van der Waals surface area contributed by atoms with Crippen molar-refractivity contribution in [3.8, 4) is 11.5 Å². The average molecular weight is 446 g/mol. The Balaban J connectivity index is 1.71. The highest BCUT2D eigenvalue weighted by atomic mass is 32.1. The summed E-state index contributed by atoms with van der Waals surface area (Å²) in [4.78, 5) is 26.5. The first kappa shape index (κ1) is 23.1. The Labute approximate surface area is 187 Å². The zero-order valence-electron chi connectivity index (χ0n) is 18.7. The number of fused-ring (bicyclic) bond motifs is 1. The summed E-state index contributed by atoms with van der Waals surface area (Å²) in [6, 6.07) is 5.70. The van der Waals surface area contributed by atoms with E-state index in [0.29, 0.717) is 54.0 Å². The molecular formula is C24H31NO5S. The van der Waals surface area contributed by atoms with Crippen LogP contribution in [-0.4, -0.2) is 32.2 Å². The van der Waals surface area contributed by atoms with E-state index in [1.807, 2.05) is 25.1 Å². The summed E-state index contributed by atoms with van der Waals surface area (Å²) in [5, 5.41) is 3.59. The Hall–Kier alpha value is -2.54. The smallest absolute Gasteiger partial charge is 0.341 e. The van der Waals surface area contributed by atoms with Crippen LogP contribution in [0.4, 0.5) is 5.00 Å². The summed E-state index contributed by atoms with van der Waals surface area (Å²) < 4.78 is 16.2. The molecule has 1 aromatic heterocycles. The van der Waals surface area contributed by atoms with Gasteiger partial charge in [0.15, 0.2) is 11.5 Å². The highest BCUT2D eigenvalue weighted by Crippen LogP contribution is 2.40. The van der Waals surface area contributed by atoms with Gasteiger partial charge >= 0.3 is 5.97 Å². The number of carbonyl (C=O) groups is 2. The first-order chi connectivity index (χ1) is 15.0. The maximum Gasteiger partial charge on any atom is 0.341 e. The molecule has 1 atom stereocenters. The summed E-state index contributed by atoms with van der Waals surface area (Å²) in [5.74, 6) is 1.46. The minimum Gasteiger partial charge on any atom is -0.493 e. The van der Waals surface area contributed by atoms with E-state index >= 15 is 0 Å². The van der Waals surface area contributed by atoms with Crippen molar-refractivity contribution in [3.05, 3.63) is 39.8 Å². The van der Waals surface area contributed by atoms with E-state index in [1.165, 1.54) is 16.2 Å². The van der Waals surface area contributed by atoms with Gasteiger partial charge in [-0.3, -0.25) is 4.79 Å². The molecule has 31 heavy (non-hydrogen) atoms. The van der Waals surface area contributed by atoms with E-state index in [0.717, 1.165) is 30.4 Å². The lowest BCUT2D eigenvalue weighted by Gasteiger charge is -2.18. The first-order valence-corrected chi connectivity index (χ1v) is 11.7. The third kappa shape index (κ3) is 5.58. The molecule has 2 aromatic rings. The number of esters is 1. The number of amides is 1. The molecule has 7 heteroatoms. The molecule has 1 N–H and O–H groups in total. The van der Waals surface area contributed by atoms with Crippen molar-refractivity contribution in [1.82, 2.24) is 0 Å². The third-order valence-electron chi connectivity index (χ3n) is 5.41. The number of hydrogen-bond donors (Lipinski definition) is 1. The number of benzene rings is 1. The molecule has 0 bridgehead atoms. The van der Waals surface area contributed by atoms with Crippen molar-refractivity contribution in [1.29, 1.82) is 0 Å². The van der Waals surface area contributed by atoms with Crippen LogP contribution >= 0.6 is 11.3 Å². The molecule has 0 fully saturated rings. The molecule has 0 aliphatic heterocycles. The van der Waals surface area contributed by atoms with Crippen molar-refractivity contribution in [2.45, 2.75) is 52.9 Å². The lowest BCUT2D eigenvalue weighted by molar-refractivity contribution is -0.116.